The molecule has 1 N–H and O–H groups in total. The maximum Gasteiger partial charge on any atom is 0.170 e. The van der Waals surface area contributed by atoms with E-state index in [4.69, 9.17) is 21.7 Å². The number of rotatable bonds is 5. The Bertz CT molecular complexity index is 695. The molecule has 0 atom stereocenters. The van der Waals surface area contributed by atoms with Crippen LogP contribution in [-0.4, -0.2) is 24.2 Å². The highest BCUT2D eigenvalue weighted by Crippen LogP contribution is 2.38. The van der Waals surface area contributed by atoms with Crippen molar-refractivity contribution in [2.45, 2.75) is 26.7 Å². The number of aryl methyl sites for hydroxylation is 1. The lowest BCUT2D eigenvalue weighted by Gasteiger charge is -2.15. The first-order valence-electron chi connectivity index (χ1n) is 6.93. The van der Waals surface area contributed by atoms with Crippen molar-refractivity contribution < 1.29 is 9.47 Å². The summed E-state index contributed by atoms with van der Waals surface area (Å²) in [6.45, 7) is 4.08. The number of nitrogens with one attached hydrogen (secondary N) is 1. The molecule has 2 aromatic rings. The normalized spacial score (nSPS) is 10.5. The number of hydrogen-bond donors (Lipinski definition) is 1. The molecule has 0 aliphatic rings. The molecule has 2 rings (SSSR count). The highest BCUT2D eigenvalue weighted by molar-refractivity contribution is 7.71. The largest absolute Gasteiger partial charge is 0.493 e. The van der Waals surface area contributed by atoms with Gasteiger partial charge in [0.15, 0.2) is 11.5 Å². The van der Waals surface area contributed by atoms with Gasteiger partial charge in [0, 0.05) is 17.5 Å². The molecule has 1 aromatic carbocycles. The van der Waals surface area contributed by atoms with Crippen molar-refractivity contribution in [3.63, 3.8) is 0 Å². The SMILES string of the molecule is CCCc1nc(=S)c(C)c(-c2cccc(OC)c2OC)[nH]1. The van der Waals surface area contributed by atoms with Gasteiger partial charge < -0.3 is 14.5 Å². The maximum absolute atomic E-state index is 5.52. The summed E-state index contributed by atoms with van der Waals surface area (Å²) >= 11 is 5.38. The Labute approximate surface area is 130 Å². The highest BCUT2D eigenvalue weighted by Gasteiger charge is 2.15. The van der Waals surface area contributed by atoms with Crippen molar-refractivity contribution in [3.05, 3.63) is 34.2 Å². The van der Waals surface area contributed by atoms with E-state index in [-0.39, 0.29) is 0 Å². The minimum atomic E-state index is 0.622. The summed E-state index contributed by atoms with van der Waals surface area (Å²) in [5.41, 5.74) is 2.81. The van der Waals surface area contributed by atoms with Gasteiger partial charge in [0.05, 0.1) is 19.9 Å². The summed E-state index contributed by atoms with van der Waals surface area (Å²) in [6.07, 6.45) is 1.87. The van der Waals surface area contributed by atoms with Crippen molar-refractivity contribution >= 4 is 12.2 Å². The topological polar surface area (TPSA) is 47.1 Å². The van der Waals surface area contributed by atoms with Gasteiger partial charge in [0.1, 0.15) is 10.5 Å². The number of H-pyrrole nitrogens is 1. The molecule has 0 spiro atoms. The molecule has 0 amide bonds. The second-order valence-electron chi connectivity index (χ2n) is 4.78. The van der Waals surface area contributed by atoms with Gasteiger partial charge in [-0.3, -0.25) is 0 Å². The third kappa shape index (κ3) is 3.08. The van der Waals surface area contributed by atoms with Crippen LogP contribution in [-0.2, 0) is 6.42 Å². The first-order valence-corrected chi connectivity index (χ1v) is 7.34. The number of aromatic nitrogens is 2. The molecule has 0 saturated heterocycles. The van der Waals surface area contributed by atoms with Crippen LogP contribution in [0.5, 0.6) is 11.5 Å². The van der Waals surface area contributed by atoms with E-state index in [9.17, 15) is 0 Å². The van der Waals surface area contributed by atoms with E-state index in [2.05, 4.69) is 16.9 Å². The molecule has 1 heterocycles. The van der Waals surface area contributed by atoms with Crippen LogP contribution in [0.25, 0.3) is 11.3 Å². The fourth-order valence-corrected chi connectivity index (χ4v) is 2.50. The van der Waals surface area contributed by atoms with E-state index < -0.39 is 0 Å². The first kappa shape index (κ1) is 15.5. The van der Waals surface area contributed by atoms with Gasteiger partial charge in [0.2, 0.25) is 0 Å². The molecule has 4 nitrogen and oxygen atoms in total. The molecule has 0 radical (unpaired) electrons. The quantitative estimate of drug-likeness (QED) is 0.845. The fourth-order valence-electron chi connectivity index (χ4n) is 2.29. The van der Waals surface area contributed by atoms with Crippen LogP contribution in [0.15, 0.2) is 18.2 Å². The van der Waals surface area contributed by atoms with Crippen LogP contribution in [0.1, 0.15) is 24.7 Å². The Hall–Kier alpha value is -1.88. The van der Waals surface area contributed by atoms with Crippen molar-refractivity contribution in [2.24, 2.45) is 0 Å². The van der Waals surface area contributed by atoms with Gasteiger partial charge in [-0.1, -0.05) is 25.2 Å². The first-order chi connectivity index (χ1) is 10.1. The Morgan fingerprint density at radius 2 is 2.00 bits per heavy atom. The molecule has 0 bridgehead atoms. The molecule has 0 aliphatic heterocycles. The van der Waals surface area contributed by atoms with Gasteiger partial charge in [-0.2, -0.15) is 0 Å². The molecule has 21 heavy (non-hydrogen) atoms. The van der Waals surface area contributed by atoms with Crippen LogP contribution in [0.4, 0.5) is 0 Å². The predicted molar refractivity (Wildman–Crippen MR) is 86.7 cm³/mol. The average molecular weight is 304 g/mol. The van der Waals surface area contributed by atoms with Crippen molar-refractivity contribution in [3.8, 4) is 22.8 Å². The zero-order valence-corrected chi connectivity index (χ0v) is 13.6. The summed E-state index contributed by atoms with van der Waals surface area (Å²) in [5, 5.41) is 0. The minimum absolute atomic E-state index is 0.622. The van der Waals surface area contributed by atoms with E-state index in [1.165, 1.54) is 0 Å². The number of benzene rings is 1. The van der Waals surface area contributed by atoms with E-state index >= 15 is 0 Å². The third-order valence-electron chi connectivity index (χ3n) is 3.36. The molecule has 0 aliphatic carbocycles. The van der Waals surface area contributed by atoms with E-state index in [0.29, 0.717) is 16.1 Å². The zero-order valence-electron chi connectivity index (χ0n) is 12.8. The molecule has 0 unspecified atom stereocenters. The van der Waals surface area contributed by atoms with Crippen LogP contribution < -0.4 is 9.47 Å². The second kappa shape index (κ2) is 6.72. The minimum Gasteiger partial charge on any atom is -0.493 e. The van der Waals surface area contributed by atoms with Crippen molar-refractivity contribution in [2.75, 3.05) is 14.2 Å². The zero-order chi connectivity index (χ0) is 15.4. The lowest BCUT2D eigenvalue weighted by molar-refractivity contribution is 0.356. The van der Waals surface area contributed by atoms with Crippen LogP contribution >= 0.6 is 12.2 Å². The number of methoxy groups -OCH3 is 2. The summed E-state index contributed by atoms with van der Waals surface area (Å²) in [5.74, 6) is 2.29. The van der Waals surface area contributed by atoms with E-state index in [1.807, 2.05) is 25.1 Å². The van der Waals surface area contributed by atoms with Gasteiger partial charge in [-0.05, 0) is 25.5 Å². The molecular formula is C16H20N2O2S. The van der Waals surface area contributed by atoms with Gasteiger partial charge in [-0.25, -0.2) is 4.98 Å². The van der Waals surface area contributed by atoms with E-state index in [0.717, 1.165) is 35.5 Å². The smallest absolute Gasteiger partial charge is 0.170 e. The molecule has 112 valence electrons. The number of ether oxygens (including phenoxy) is 2. The Balaban J connectivity index is 2.69. The van der Waals surface area contributed by atoms with Gasteiger partial charge in [-0.15, -0.1) is 0 Å². The number of para-hydroxylation sites is 1. The van der Waals surface area contributed by atoms with Gasteiger partial charge >= 0.3 is 0 Å². The Morgan fingerprint density at radius 3 is 2.62 bits per heavy atom. The second-order valence-corrected chi connectivity index (χ2v) is 5.17. The van der Waals surface area contributed by atoms with Crippen LogP contribution in [0.3, 0.4) is 0 Å². The molecule has 0 fully saturated rings. The van der Waals surface area contributed by atoms with Crippen LogP contribution in [0, 0.1) is 11.6 Å². The maximum atomic E-state index is 5.52. The van der Waals surface area contributed by atoms with Crippen LogP contribution in [0.2, 0.25) is 0 Å². The monoisotopic (exact) mass is 304 g/mol. The molecule has 0 saturated carbocycles. The van der Waals surface area contributed by atoms with E-state index in [1.54, 1.807) is 14.2 Å². The molecule has 1 aromatic heterocycles. The van der Waals surface area contributed by atoms with Crippen molar-refractivity contribution in [1.82, 2.24) is 9.97 Å². The lowest BCUT2D eigenvalue weighted by atomic mass is 10.1. The summed E-state index contributed by atoms with van der Waals surface area (Å²) in [7, 11) is 3.27. The summed E-state index contributed by atoms with van der Waals surface area (Å²) < 4.78 is 11.5. The Morgan fingerprint density at radius 1 is 1.24 bits per heavy atom. The number of nitrogens with zero attached hydrogens (tertiary/aromatic N) is 1. The van der Waals surface area contributed by atoms with Crippen molar-refractivity contribution in [1.29, 1.82) is 0 Å². The molecular weight excluding hydrogens is 284 g/mol. The highest BCUT2D eigenvalue weighted by atomic mass is 32.1. The fraction of sp³-hybridized carbons (Fsp3) is 0.375. The predicted octanol–water partition coefficient (Wildman–Crippen LogP) is 4.08. The summed E-state index contributed by atoms with van der Waals surface area (Å²) in [4.78, 5) is 7.82. The number of aromatic amines is 1. The molecule has 5 heteroatoms. The summed E-state index contributed by atoms with van der Waals surface area (Å²) in [6, 6.07) is 5.80. The average Bonchev–Trinajstić information content (AvgIpc) is 2.50. The standard InChI is InChI=1S/C16H20N2O2S/c1-5-7-13-17-14(10(2)16(21)18-13)11-8-6-9-12(19-3)15(11)20-4/h6,8-9H,5,7H2,1-4H3,(H,17,18,21). The Kier molecular flexibility index (Phi) is 4.96. The third-order valence-corrected chi connectivity index (χ3v) is 3.76. The van der Waals surface area contributed by atoms with Gasteiger partial charge in [0.25, 0.3) is 0 Å². The lowest BCUT2D eigenvalue weighted by Crippen LogP contribution is -2.02. The number of hydrogen-bond acceptors (Lipinski definition) is 4.